The number of aliphatic hydroxyl groups excluding tert-OH is 1. The number of aromatic nitrogens is 3. The van der Waals surface area contributed by atoms with Crippen molar-refractivity contribution in [2.24, 2.45) is 0 Å². The van der Waals surface area contributed by atoms with Gasteiger partial charge in [0.1, 0.15) is 10.4 Å². The van der Waals surface area contributed by atoms with Crippen molar-refractivity contribution in [2.75, 3.05) is 11.9 Å². The number of hydrogen-bond acceptors (Lipinski definition) is 8. The number of rotatable bonds is 8. The van der Waals surface area contributed by atoms with Gasteiger partial charge in [-0.15, -0.1) is 11.3 Å². The Bertz CT molecular complexity index is 911. The van der Waals surface area contributed by atoms with Gasteiger partial charge in [-0.1, -0.05) is 23.9 Å². The molecule has 27 heavy (non-hydrogen) atoms. The van der Waals surface area contributed by atoms with Gasteiger partial charge in [0.05, 0.1) is 6.61 Å². The van der Waals surface area contributed by atoms with E-state index >= 15 is 0 Å². The van der Waals surface area contributed by atoms with Crippen LogP contribution in [0.1, 0.15) is 12.5 Å². The summed E-state index contributed by atoms with van der Waals surface area (Å²) in [6.45, 7) is -1.02. The van der Waals surface area contributed by atoms with Gasteiger partial charge in [0.15, 0.2) is 20.5 Å². The van der Waals surface area contributed by atoms with Gasteiger partial charge in [-0.25, -0.2) is 15.0 Å². The van der Waals surface area contributed by atoms with Crippen LogP contribution in [0.5, 0.6) is 5.75 Å². The Morgan fingerprint density at radius 3 is 2.67 bits per heavy atom. The number of ether oxygens (including phenoxy) is 1. The maximum absolute atomic E-state index is 12.2. The maximum Gasteiger partial charge on any atom is 0.387 e. The van der Waals surface area contributed by atoms with Gasteiger partial charge < -0.3 is 15.2 Å². The van der Waals surface area contributed by atoms with E-state index < -0.39 is 6.61 Å². The third kappa shape index (κ3) is 5.47. The summed E-state index contributed by atoms with van der Waals surface area (Å²) in [6, 6.07) is 6.27. The number of fused-ring (bicyclic) bond motifs is 1. The molecular formula is C16H15BrF2N4O2S2. The minimum absolute atomic E-state index is 0.0268. The molecule has 2 N–H and O–H groups in total. The second-order valence-electron chi connectivity index (χ2n) is 5.51. The van der Waals surface area contributed by atoms with Gasteiger partial charge in [0.2, 0.25) is 0 Å². The van der Waals surface area contributed by atoms with Crippen LogP contribution in [-0.4, -0.2) is 39.3 Å². The monoisotopic (exact) mass is 476 g/mol. The molecule has 0 fully saturated rings. The second kappa shape index (κ2) is 9.09. The minimum Gasteiger partial charge on any atom is -0.435 e. The fourth-order valence-corrected chi connectivity index (χ4v) is 4.27. The Labute approximate surface area is 170 Å². The number of alkyl halides is 2. The Morgan fingerprint density at radius 2 is 2.00 bits per heavy atom. The first-order chi connectivity index (χ1) is 12.9. The number of nitrogens with zero attached hydrogens (tertiary/aromatic N) is 3. The van der Waals surface area contributed by atoms with Crippen molar-refractivity contribution in [3.05, 3.63) is 33.7 Å². The largest absolute Gasteiger partial charge is 0.435 e. The first-order valence-corrected chi connectivity index (χ1v) is 10.4. The highest BCUT2D eigenvalue weighted by Crippen LogP contribution is 2.33. The van der Waals surface area contributed by atoms with Crippen molar-refractivity contribution in [1.29, 1.82) is 0 Å². The molecule has 2 heterocycles. The number of thiazole rings is 1. The number of thioether (sulfide) groups is 1. The second-order valence-corrected chi connectivity index (χ2v) is 8.73. The Morgan fingerprint density at radius 1 is 1.26 bits per heavy atom. The zero-order valence-corrected chi connectivity index (χ0v) is 17.2. The fraction of sp³-hybridized carbons (Fsp3) is 0.312. The third-order valence-electron chi connectivity index (χ3n) is 3.38. The first-order valence-electron chi connectivity index (χ1n) is 7.82. The van der Waals surface area contributed by atoms with Gasteiger partial charge in [-0.05, 0) is 40.5 Å². The molecule has 6 nitrogen and oxygen atoms in total. The summed E-state index contributed by atoms with van der Waals surface area (Å²) in [4.78, 5) is 13.3. The van der Waals surface area contributed by atoms with Crippen LogP contribution in [0, 0.1) is 0 Å². The Hall–Kier alpha value is -1.56. The number of halogens is 3. The highest BCUT2D eigenvalue weighted by molar-refractivity contribution is 9.11. The van der Waals surface area contributed by atoms with Crippen molar-refractivity contribution in [2.45, 2.75) is 30.5 Å². The molecule has 0 saturated carbocycles. The molecule has 0 unspecified atom stereocenters. The third-order valence-corrected chi connectivity index (χ3v) is 5.80. The van der Waals surface area contributed by atoms with E-state index in [1.807, 2.05) is 6.92 Å². The SMILES string of the molecule is C[C@H](CO)Nc1nc(SCc2ccc(OC(F)F)cc2)nc2nc(Br)sc12. The van der Waals surface area contributed by atoms with Crippen molar-refractivity contribution >= 4 is 55.2 Å². The molecule has 1 aromatic carbocycles. The lowest BCUT2D eigenvalue weighted by Gasteiger charge is -2.12. The summed E-state index contributed by atoms with van der Waals surface area (Å²) < 4.78 is 30.2. The predicted molar refractivity (Wildman–Crippen MR) is 106 cm³/mol. The molecule has 11 heteroatoms. The van der Waals surface area contributed by atoms with Crippen LogP contribution < -0.4 is 10.1 Å². The molecule has 1 atom stereocenters. The molecule has 0 aliphatic rings. The molecule has 0 aliphatic carbocycles. The van der Waals surface area contributed by atoms with E-state index in [0.717, 1.165) is 10.3 Å². The van der Waals surface area contributed by atoms with Crippen LogP contribution in [0.4, 0.5) is 14.6 Å². The van der Waals surface area contributed by atoms with Gasteiger partial charge in [-0.2, -0.15) is 8.78 Å². The van der Waals surface area contributed by atoms with Crippen LogP contribution in [0.25, 0.3) is 10.3 Å². The van der Waals surface area contributed by atoms with Crippen molar-refractivity contribution in [3.63, 3.8) is 0 Å². The van der Waals surface area contributed by atoms with E-state index in [1.165, 1.54) is 35.2 Å². The van der Waals surface area contributed by atoms with Crippen molar-refractivity contribution in [1.82, 2.24) is 15.0 Å². The highest BCUT2D eigenvalue weighted by Gasteiger charge is 2.15. The molecule has 0 radical (unpaired) electrons. The number of aliphatic hydroxyl groups is 1. The lowest BCUT2D eigenvalue weighted by atomic mass is 10.2. The normalized spacial score (nSPS) is 12.5. The molecule has 3 aromatic rings. The van der Waals surface area contributed by atoms with Gasteiger partial charge in [-0.3, -0.25) is 0 Å². The van der Waals surface area contributed by atoms with Crippen LogP contribution in [-0.2, 0) is 5.75 Å². The molecule has 0 bridgehead atoms. The summed E-state index contributed by atoms with van der Waals surface area (Å²) in [5, 5.41) is 13.0. The number of hydrogen-bond donors (Lipinski definition) is 2. The van der Waals surface area contributed by atoms with E-state index in [4.69, 9.17) is 0 Å². The van der Waals surface area contributed by atoms with Crippen LogP contribution >= 0.6 is 39.0 Å². The van der Waals surface area contributed by atoms with Gasteiger partial charge in [0.25, 0.3) is 0 Å². The number of benzene rings is 1. The van der Waals surface area contributed by atoms with Crippen LogP contribution in [0.3, 0.4) is 0 Å². The van der Waals surface area contributed by atoms with Crippen molar-refractivity contribution in [3.8, 4) is 5.75 Å². The summed E-state index contributed by atoms with van der Waals surface area (Å²) in [6.07, 6.45) is 0. The van der Waals surface area contributed by atoms with Crippen molar-refractivity contribution < 1.29 is 18.6 Å². The maximum atomic E-state index is 12.2. The molecule has 0 amide bonds. The van der Waals surface area contributed by atoms with Gasteiger partial charge in [0, 0.05) is 11.8 Å². The molecule has 2 aromatic heterocycles. The lowest BCUT2D eigenvalue weighted by molar-refractivity contribution is -0.0498. The average molecular weight is 477 g/mol. The molecule has 3 rings (SSSR count). The lowest BCUT2D eigenvalue weighted by Crippen LogP contribution is -2.20. The summed E-state index contributed by atoms with van der Waals surface area (Å²) in [5.74, 6) is 1.29. The van der Waals surface area contributed by atoms with E-state index in [-0.39, 0.29) is 18.4 Å². The summed E-state index contributed by atoms with van der Waals surface area (Å²) >= 11 is 6.17. The average Bonchev–Trinajstić information content (AvgIpc) is 3.01. The topological polar surface area (TPSA) is 80.2 Å². The van der Waals surface area contributed by atoms with E-state index in [2.05, 4.69) is 40.9 Å². The summed E-state index contributed by atoms with van der Waals surface area (Å²) in [5.41, 5.74) is 1.49. The number of nitrogens with one attached hydrogen (secondary N) is 1. The fourth-order valence-electron chi connectivity index (χ4n) is 2.14. The standard InChI is InChI=1S/C16H15BrF2N4O2S2/c1-8(6-24)20-12-11-13(21-14(17)27-11)23-16(22-12)26-7-9-2-4-10(5-3-9)25-15(18)19/h2-5,8,15,24H,6-7H2,1H3,(H,20,22,23)/t8-/m1/s1. The van der Waals surface area contributed by atoms with E-state index in [1.54, 1.807) is 12.1 Å². The molecule has 0 aliphatic heterocycles. The highest BCUT2D eigenvalue weighted by atomic mass is 79.9. The minimum atomic E-state index is -2.84. The zero-order valence-electron chi connectivity index (χ0n) is 14.0. The van der Waals surface area contributed by atoms with Crippen LogP contribution in [0.2, 0.25) is 0 Å². The summed E-state index contributed by atoms with van der Waals surface area (Å²) in [7, 11) is 0. The Kier molecular flexibility index (Phi) is 6.79. The molecule has 0 saturated heterocycles. The quantitative estimate of drug-likeness (QED) is 0.365. The van der Waals surface area contributed by atoms with E-state index in [0.29, 0.717) is 26.3 Å². The Balaban J connectivity index is 1.76. The van der Waals surface area contributed by atoms with E-state index in [9.17, 15) is 13.9 Å². The molecule has 144 valence electrons. The van der Waals surface area contributed by atoms with Gasteiger partial charge >= 0.3 is 6.61 Å². The number of anilines is 1. The molecular weight excluding hydrogens is 462 g/mol. The van der Waals surface area contributed by atoms with Crippen LogP contribution in [0.15, 0.2) is 33.3 Å². The predicted octanol–water partition coefficient (Wildman–Crippen LogP) is 4.54. The zero-order chi connectivity index (χ0) is 19.4. The first kappa shape index (κ1) is 20.2. The smallest absolute Gasteiger partial charge is 0.387 e. The molecule has 0 spiro atoms.